The molecule has 0 radical (unpaired) electrons. The maximum atomic E-state index is 4.23. The Hall–Kier alpha value is -2.03. The summed E-state index contributed by atoms with van der Waals surface area (Å²) in [6.07, 6.45) is 3.71. The van der Waals surface area contributed by atoms with E-state index >= 15 is 0 Å². The molecule has 1 N–H and O–H groups in total. The molecule has 1 atom stereocenters. The SMILES string of the molecule is Cc1ccc(C)c(C(C)Nc2cnccc2N(C)C)c1. The van der Waals surface area contributed by atoms with Gasteiger partial charge in [0.2, 0.25) is 0 Å². The third-order valence-corrected chi connectivity index (χ3v) is 3.55. The monoisotopic (exact) mass is 269 g/mol. The Morgan fingerprint density at radius 3 is 2.60 bits per heavy atom. The molecule has 1 aromatic heterocycles. The predicted molar refractivity (Wildman–Crippen MR) is 86.5 cm³/mol. The van der Waals surface area contributed by atoms with Crippen LogP contribution in [0.5, 0.6) is 0 Å². The summed E-state index contributed by atoms with van der Waals surface area (Å²) in [7, 11) is 4.09. The smallest absolute Gasteiger partial charge is 0.0768 e. The lowest BCUT2D eigenvalue weighted by molar-refractivity contribution is 0.868. The van der Waals surface area contributed by atoms with Crippen molar-refractivity contribution in [3.05, 3.63) is 53.3 Å². The van der Waals surface area contributed by atoms with Crippen molar-refractivity contribution in [2.45, 2.75) is 26.8 Å². The second-order valence-corrected chi connectivity index (χ2v) is 5.51. The molecule has 0 saturated carbocycles. The fraction of sp³-hybridized carbons (Fsp3) is 0.353. The van der Waals surface area contributed by atoms with E-state index in [2.05, 4.69) is 54.2 Å². The summed E-state index contributed by atoms with van der Waals surface area (Å²) < 4.78 is 0. The van der Waals surface area contributed by atoms with Crippen LogP contribution in [-0.2, 0) is 0 Å². The number of aryl methyl sites for hydroxylation is 2. The molecule has 106 valence electrons. The van der Waals surface area contributed by atoms with Gasteiger partial charge in [-0.2, -0.15) is 0 Å². The molecule has 0 amide bonds. The zero-order valence-corrected chi connectivity index (χ0v) is 12.9. The van der Waals surface area contributed by atoms with E-state index in [1.807, 2.05) is 32.6 Å². The van der Waals surface area contributed by atoms with Crippen LogP contribution in [-0.4, -0.2) is 19.1 Å². The van der Waals surface area contributed by atoms with Gasteiger partial charge in [-0.25, -0.2) is 0 Å². The van der Waals surface area contributed by atoms with Crippen LogP contribution in [0.4, 0.5) is 11.4 Å². The van der Waals surface area contributed by atoms with Gasteiger partial charge in [-0.15, -0.1) is 0 Å². The highest BCUT2D eigenvalue weighted by Crippen LogP contribution is 2.28. The normalized spacial score (nSPS) is 12.1. The number of aromatic nitrogens is 1. The van der Waals surface area contributed by atoms with Crippen molar-refractivity contribution in [3.63, 3.8) is 0 Å². The largest absolute Gasteiger partial charge is 0.376 e. The Bertz CT molecular complexity index is 591. The van der Waals surface area contributed by atoms with Gasteiger partial charge in [-0.05, 0) is 38.0 Å². The van der Waals surface area contributed by atoms with Crippen molar-refractivity contribution in [1.29, 1.82) is 0 Å². The second kappa shape index (κ2) is 5.95. The number of pyridine rings is 1. The molecule has 2 rings (SSSR count). The zero-order chi connectivity index (χ0) is 14.7. The van der Waals surface area contributed by atoms with Crippen molar-refractivity contribution in [2.24, 2.45) is 0 Å². The molecular formula is C17H23N3. The number of nitrogens with zero attached hydrogens (tertiary/aromatic N) is 2. The molecule has 2 aromatic rings. The van der Waals surface area contributed by atoms with E-state index in [0.717, 1.165) is 11.4 Å². The van der Waals surface area contributed by atoms with E-state index in [0.29, 0.717) is 0 Å². The van der Waals surface area contributed by atoms with E-state index in [9.17, 15) is 0 Å². The fourth-order valence-electron chi connectivity index (χ4n) is 2.43. The first-order valence-electron chi connectivity index (χ1n) is 6.94. The summed E-state index contributed by atoms with van der Waals surface area (Å²) >= 11 is 0. The number of nitrogens with one attached hydrogen (secondary N) is 1. The van der Waals surface area contributed by atoms with Gasteiger partial charge in [0, 0.05) is 26.3 Å². The fourth-order valence-corrected chi connectivity index (χ4v) is 2.43. The van der Waals surface area contributed by atoms with Gasteiger partial charge in [0.15, 0.2) is 0 Å². The molecule has 0 fully saturated rings. The van der Waals surface area contributed by atoms with Gasteiger partial charge in [0.1, 0.15) is 0 Å². The molecule has 3 nitrogen and oxygen atoms in total. The van der Waals surface area contributed by atoms with Crippen molar-refractivity contribution < 1.29 is 0 Å². The van der Waals surface area contributed by atoms with Crippen LogP contribution in [0.25, 0.3) is 0 Å². The summed E-state index contributed by atoms with van der Waals surface area (Å²) in [4.78, 5) is 6.32. The zero-order valence-electron chi connectivity index (χ0n) is 12.9. The summed E-state index contributed by atoms with van der Waals surface area (Å²) in [5.41, 5.74) is 6.14. The van der Waals surface area contributed by atoms with Gasteiger partial charge in [-0.1, -0.05) is 23.8 Å². The molecule has 3 heteroatoms. The number of hydrogen-bond donors (Lipinski definition) is 1. The molecule has 20 heavy (non-hydrogen) atoms. The van der Waals surface area contributed by atoms with Crippen molar-refractivity contribution in [3.8, 4) is 0 Å². The second-order valence-electron chi connectivity index (χ2n) is 5.51. The van der Waals surface area contributed by atoms with Crippen molar-refractivity contribution in [2.75, 3.05) is 24.3 Å². The average molecular weight is 269 g/mol. The molecule has 0 spiro atoms. The van der Waals surface area contributed by atoms with E-state index in [1.54, 1.807) is 0 Å². The quantitative estimate of drug-likeness (QED) is 0.911. The third kappa shape index (κ3) is 3.10. The lowest BCUT2D eigenvalue weighted by Gasteiger charge is -2.23. The first-order valence-corrected chi connectivity index (χ1v) is 6.94. The topological polar surface area (TPSA) is 28.2 Å². The van der Waals surface area contributed by atoms with Crippen molar-refractivity contribution >= 4 is 11.4 Å². The molecule has 0 saturated heterocycles. The van der Waals surface area contributed by atoms with Gasteiger partial charge in [0.05, 0.1) is 17.6 Å². The first-order chi connectivity index (χ1) is 9.49. The molecule has 1 heterocycles. The van der Waals surface area contributed by atoms with Crippen LogP contribution in [0, 0.1) is 13.8 Å². The van der Waals surface area contributed by atoms with Gasteiger partial charge in [0.25, 0.3) is 0 Å². The van der Waals surface area contributed by atoms with Gasteiger partial charge < -0.3 is 10.2 Å². The van der Waals surface area contributed by atoms with Crippen LogP contribution in [0.3, 0.4) is 0 Å². The Morgan fingerprint density at radius 2 is 1.90 bits per heavy atom. The summed E-state index contributed by atoms with van der Waals surface area (Å²) in [6.45, 7) is 6.47. The minimum Gasteiger partial charge on any atom is -0.376 e. The molecular weight excluding hydrogens is 246 g/mol. The molecule has 0 aliphatic heterocycles. The number of benzene rings is 1. The lowest BCUT2D eigenvalue weighted by atomic mass is 10.00. The third-order valence-electron chi connectivity index (χ3n) is 3.55. The Morgan fingerprint density at radius 1 is 1.15 bits per heavy atom. The van der Waals surface area contributed by atoms with Crippen LogP contribution >= 0.6 is 0 Å². The predicted octanol–water partition coefficient (Wildman–Crippen LogP) is 3.94. The highest BCUT2D eigenvalue weighted by Gasteiger charge is 2.11. The highest BCUT2D eigenvalue weighted by atomic mass is 15.1. The van der Waals surface area contributed by atoms with E-state index in [4.69, 9.17) is 0 Å². The number of anilines is 2. The maximum absolute atomic E-state index is 4.23. The lowest BCUT2D eigenvalue weighted by Crippen LogP contribution is -2.15. The van der Waals surface area contributed by atoms with Crippen LogP contribution in [0.2, 0.25) is 0 Å². The maximum Gasteiger partial charge on any atom is 0.0768 e. The molecule has 0 bridgehead atoms. The van der Waals surface area contributed by atoms with E-state index in [-0.39, 0.29) is 6.04 Å². The summed E-state index contributed by atoms with van der Waals surface area (Å²) in [5.74, 6) is 0. The molecule has 0 aliphatic carbocycles. The van der Waals surface area contributed by atoms with Gasteiger partial charge in [-0.3, -0.25) is 4.98 Å². The minimum atomic E-state index is 0.248. The van der Waals surface area contributed by atoms with Crippen LogP contribution in [0.1, 0.15) is 29.7 Å². The van der Waals surface area contributed by atoms with E-state index < -0.39 is 0 Å². The molecule has 1 unspecified atom stereocenters. The van der Waals surface area contributed by atoms with Gasteiger partial charge >= 0.3 is 0 Å². The van der Waals surface area contributed by atoms with Crippen LogP contribution < -0.4 is 10.2 Å². The minimum absolute atomic E-state index is 0.248. The summed E-state index contributed by atoms with van der Waals surface area (Å²) in [6, 6.07) is 8.86. The molecule has 1 aromatic carbocycles. The number of hydrogen-bond acceptors (Lipinski definition) is 3. The Balaban J connectivity index is 2.28. The highest BCUT2D eigenvalue weighted by molar-refractivity contribution is 5.68. The Kier molecular flexibility index (Phi) is 4.28. The van der Waals surface area contributed by atoms with Crippen molar-refractivity contribution in [1.82, 2.24) is 4.98 Å². The summed E-state index contributed by atoms with van der Waals surface area (Å²) in [5, 5.41) is 3.57. The standard InChI is InChI=1S/C17H23N3/c1-12-6-7-13(2)15(10-12)14(3)19-16-11-18-9-8-17(16)20(4)5/h6-11,14,19H,1-5H3. The Labute approximate surface area is 121 Å². The van der Waals surface area contributed by atoms with E-state index in [1.165, 1.54) is 16.7 Å². The van der Waals surface area contributed by atoms with Crippen LogP contribution in [0.15, 0.2) is 36.7 Å². The first kappa shape index (κ1) is 14.4. The number of rotatable bonds is 4. The average Bonchev–Trinajstić information content (AvgIpc) is 2.41. The molecule has 0 aliphatic rings.